The average Bonchev–Trinajstić information content (AvgIpc) is 3.26. The fourth-order valence-corrected chi connectivity index (χ4v) is 2.74. The van der Waals surface area contributed by atoms with E-state index in [-0.39, 0.29) is 17.8 Å². The molecule has 0 aliphatic carbocycles. The van der Waals surface area contributed by atoms with Gasteiger partial charge >= 0.3 is 0 Å². The van der Waals surface area contributed by atoms with Crippen LogP contribution in [-0.4, -0.2) is 43.4 Å². The molecule has 2 aromatic rings. The molecule has 6 heteroatoms. The number of hydrogen-bond donors (Lipinski definition) is 2. The highest BCUT2D eigenvalue weighted by Crippen LogP contribution is 2.23. The number of carbonyl (C=O) groups is 1. The van der Waals surface area contributed by atoms with Crippen LogP contribution in [0.1, 0.15) is 23.2 Å². The second-order valence-corrected chi connectivity index (χ2v) is 5.76. The van der Waals surface area contributed by atoms with Gasteiger partial charge in [0.25, 0.3) is 5.91 Å². The summed E-state index contributed by atoms with van der Waals surface area (Å²) in [6.45, 7) is 2.26. The Bertz CT molecular complexity index is 663. The normalized spacial score (nSPS) is 17.1. The minimum Gasteiger partial charge on any atom is -0.377 e. The third-order valence-electron chi connectivity index (χ3n) is 4.01. The van der Waals surface area contributed by atoms with Crippen molar-refractivity contribution in [3.05, 3.63) is 48.0 Å². The molecule has 1 aliphatic rings. The van der Waals surface area contributed by atoms with Crippen LogP contribution >= 0.6 is 0 Å². The minimum absolute atomic E-state index is 0.184. The van der Waals surface area contributed by atoms with Gasteiger partial charge in [-0.05, 0) is 30.5 Å². The molecule has 0 bridgehead atoms. The van der Waals surface area contributed by atoms with Gasteiger partial charge < -0.3 is 19.8 Å². The molecule has 2 heterocycles. The van der Waals surface area contributed by atoms with Crippen LogP contribution in [0.4, 0.5) is 4.39 Å². The molecule has 0 radical (unpaired) electrons. The standard InChI is InChI=1S/C18H21FN2O3/c19-14-5-3-13(4-6-14)16-10-20-11-17(16)18(22)21-7-9-23-12-15-2-1-8-24-15/h3-6,10-11,15,20H,1-2,7-9,12H2,(H,21,22)/t15-/m1/s1. The fraction of sp³-hybridized carbons (Fsp3) is 0.389. The van der Waals surface area contributed by atoms with E-state index in [1.807, 2.05) is 0 Å². The molecule has 1 saturated heterocycles. The van der Waals surface area contributed by atoms with Gasteiger partial charge in [-0.25, -0.2) is 4.39 Å². The number of aromatic nitrogens is 1. The number of amides is 1. The van der Waals surface area contributed by atoms with Crippen LogP contribution in [-0.2, 0) is 9.47 Å². The number of H-pyrrole nitrogens is 1. The number of ether oxygens (including phenoxy) is 2. The van der Waals surface area contributed by atoms with E-state index >= 15 is 0 Å². The predicted octanol–water partition coefficient (Wildman–Crippen LogP) is 2.75. The fourth-order valence-electron chi connectivity index (χ4n) is 2.74. The van der Waals surface area contributed by atoms with Crippen LogP contribution in [0.5, 0.6) is 0 Å². The molecule has 2 N–H and O–H groups in total. The number of aromatic amines is 1. The summed E-state index contributed by atoms with van der Waals surface area (Å²) in [7, 11) is 0. The number of benzene rings is 1. The first-order valence-corrected chi connectivity index (χ1v) is 8.14. The molecule has 0 unspecified atom stereocenters. The Balaban J connectivity index is 1.48. The third-order valence-corrected chi connectivity index (χ3v) is 4.01. The Morgan fingerprint density at radius 3 is 2.92 bits per heavy atom. The lowest BCUT2D eigenvalue weighted by molar-refractivity contribution is 0.0183. The van der Waals surface area contributed by atoms with Gasteiger partial charge in [-0.2, -0.15) is 0 Å². The van der Waals surface area contributed by atoms with Crippen molar-refractivity contribution in [1.82, 2.24) is 10.3 Å². The van der Waals surface area contributed by atoms with Crippen molar-refractivity contribution in [2.45, 2.75) is 18.9 Å². The Labute approximate surface area is 140 Å². The first-order chi connectivity index (χ1) is 11.7. The molecule has 1 amide bonds. The van der Waals surface area contributed by atoms with Crippen LogP contribution in [0, 0.1) is 5.82 Å². The number of carbonyl (C=O) groups excluding carboxylic acids is 1. The topological polar surface area (TPSA) is 63.4 Å². The first kappa shape index (κ1) is 16.7. The molecular formula is C18H21FN2O3. The largest absolute Gasteiger partial charge is 0.377 e. The van der Waals surface area contributed by atoms with Crippen molar-refractivity contribution < 1.29 is 18.7 Å². The summed E-state index contributed by atoms with van der Waals surface area (Å²) in [4.78, 5) is 15.2. The van der Waals surface area contributed by atoms with Gasteiger partial charge in [0.2, 0.25) is 0 Å². The Hall–Kier alpha value is -2.18. The van der Waals surface area contributed by atoms with Gasteiger partial charge in [0.15, 0.2) is 0 Å². The van der Waals surface area contributed by atoms with Crippen LogP contribution in [0.2, 0.25) is 0 Å². The van der Waals surface area contributed by atoms with Crippen LogP contribution < -0.4 is 5.32 Å². The molecule has 24 heavy (non-hydrogen) atoms. The zero-order valence-corrected chi connectivity index (χ0v) is 13.4. The van der Waals surface area contributed by atoms with Crippen molar-refractivity contribution in [1.29, 1.82) is 0 Å². The number of halogens is 1. The lowest BCUT2D eigenvalue weighted by atomic mass is 10.0. The van der Waals surface area contributed by atoms with E-state index in [9.17, 15) is 9.18 Å². The quantitative estimate of drug-likeness (QED) is 0.766. The number of nitrogens with one attached hydrogen (secondary N) is 2. The maximum absolute atomic E-state index is 13.0. The Kier molecular flexibility index (Phi) is 5.61. The van der Waals surface area contributed by atoms with Gasteiger partial charge in [0.05, 0.1) is 24.9 Å². The summed E-state index contributed by atoms with van der Waals surface area (Å²) >= 11 is 0. The van der Waals surface area contributed by atoms with E-state index in [2.05, 4.69) is 10.3 Å². The summed E-state index contributed by atoms with van der Waals surface area (Å²) in [6.07, 6.45) is 5.69. The zero-order chi connectivity index (χ0) is 16.8. The summed E-state index contributed by atoms with van der Waals surface area (Å²) in [6, 6.07) is 6.06. The number of rotatable bonds is 7. The second-order valence-electron chi connectivity index (χ2n) is 5.76. The number of hydrogen-bond acceptors (Lipinski definition) is 3. The van der Waals surface area contributed by atoms with Gasteiger partial charge in [0, 0.05) is 31.1 Å². The summed E-state index contributed by atoms with van der Waals surface area (Å²) in [5.41, 5.74) is 2.06. The second kappa shape index (κ2) is 8.08. The van der Waals surface area contributed by atoms with Gasteiger partial charge in [-0.3, -0.25) is 4.79 Å². The maximum Gasteiger partial charge on any atom is 0.253 e. The molecule has 128 valence electrons. The van der Waals surface area contributed by atoms with Crippen LogP contribution in [0.3, 0.4) is 0 Å². The van der Waals surface area contributed by atoms with Crippen molar-refractivity contribution >= 4 is 5.91 Å². The predicted molar refractivity (Wildman–Crippen MR) is 88.3 cm³/mol. The van der Waals surface area contributed by atoms with E-state index in [1.165, 1.54) is 12.1 Å². The van der Waals surface area contributed by atoms with Gasteiger partial charge in [0.1, 0.15) is 5.82 Å². The lowest BCUT2D eigenvalue weighted by Gasteiger charge is -2.10. The van der Waals surface area contributed by atoms with Crippen molar-refractivity contribution in [2.24, 2.45) is 0 Å². The third kappa shape index (κ3) is 4.21. The van der Waals surface area contributed by atoms with E-state index in [0.717, 1.165) is 30.6 Å². The Morgan fingerprint density at radius 1 is 1.33 bits per heavy atom. The highest BCUT2D eigenvalue weighted by Gasteiger charge is 2.16. The van der Waals surface area contributed by atoms with E-state index in [1.54, 1.807) is 24.5 Å². The molecule has 1 aromatic heterocycles. The van der Waals surface area contributed by atoms with Gasteiger partial charge in [-0.15, -0.1) is 0 Å². The lowest BCUT2D eigenvalue weighted by Crippen LogP contribution is -2.28. The van der Waals surface area contributed by atoms with Crippen molar-refractivity contribution in [3.63, 3.8) is 0 Å². The molecule has 1 atom stereocenters. The van der Waals surface area contributed by atoms with Crippen molar-refractivity contribution in [3.8, 4) is 11.1 Å². The molecular weight excluding hydrogens is 311 g/mol. The van der Waals surface area contributed by atoms with E-state index in [4.69, 9.17) is 9.47 Å². The smallest absolute Gasteiger partial charge is 0.253 e. The van der Waals surface area contributed by atoms with Crippen molar-refractivity contribution in [2.75, 3.05) is 26.4 Å². The van der Waals surface area contributed by atoms with E-state index in [0.29, 0.717) is 25.3 Å². The highest BCUT2D eigenvalue weighted by molar-refractivity contribution is 6.00. The Morgan fingerprint density at radius 2 is 2.17 bits per heavy atom. The SMILES string of the molecule is O=C(NCCOC[C@H]1CCCO1)c1c[nH]cc1-c1ccc(F)cc1. The maximum atomic E-state index is 13.0. The monoisotopic (exact) mass is 332 g/mol. The first-order valence-electron chi connectivity index (χ1n) is 8.14. The van der Waals surface area contributed by atoms with E-state index < -0.39 is 0 Å². The summed E-state index contributed by atoms with van der Waals surface area (Å²) in [5.74, 6) is -0.486. The molecule has 0 saturated carbocycles. The molecule has 5 nitrogen and oxygen atoms in total. The molecule has 3 rings (SSSR count). The van der Waals surface area contributed by atoms with Crippen LogP contribution in [0.15, 0.2) is 36.7 Å². The molecule has 1 aromatic carbocycles. The zero-order valence-electron chi connectivity index (χ0n) is 13.4. The minimum atomic E-state index is -0.302. The highest BCUT2D eigenvalue weighted by atomic mass is 19.1. The van der Waals surface area contributed by atoms with Gasteiger partial charge in [-0.1, -0.05) is 12.1 Å². The molecule has 0 spiro atoms. The average molecular weight is 332 g/mol. The molecule has 1 fully saturated rings. The van der Waals surface area contributed by atoms with Crippen LogP contribution in [0.25, 0.3) is 11.1 Å². The summed E-state index contributed by atoms with van der Waals surface area (Å²) < 4.78 is 24.0. The summed E-state index contributed by atoms with van der Waals surface area (Å²) in [5, 5.41) is 2.83. The molecule has 1 aliphatic heterocycles.